The molecule has 0 aromatic heterocycles. The van der Waals surface area contributed by atoms with Crippen molar-refractivity contribution in [2.45, 2.75) is 25.7 Å². The van der Waals surface area contributed by atoms with E-state index in [1.807, 2.05) is 30.3 Å². The molecule has 2 rings (SSSR count). The van der Waals surface area contributed by atoms with Crippen LogP contribution in [0.3, 0.4) is 0 Å². The van der Waals surface area contributed by atoms with Crippen LogP contribution in [0.5, 0.6) is 0 Å². The number of hydrogen-bond donors (Lipinski definition) is 1. The van der Waals surface area contributed by atoms with E-state index in [1.54, 1.807) is 0 Å². The van der Waals surface area contributed by atoms with Crippen molar-refractivity contribution >= 4 is 11.6 Å². The van der Waals surface area contributed by atoms with Gasteiger partial charge < -0.3 is 5.32 Å². The molecule has 0 aliphatic rings. The molecule has 0 radical (unpaired) electrons. The summed E-state index contributed by atoms with van der Waals surface area (Å²) >= 11 is 6.34. The van der Waals surface area contributed by atoms with E-state index >= 15 is 0 Å². The van der Waals surface area contributed by atoms with Gasteiger partial charge in [0, 0.05) is 17.5 Å². The first-order chi connectivity index (χ1) is 10.2. The average molecular weight is 306 g/mol. The molecule has 0 aliphatic heterocycles. The molecular weight excluding hydrogens is 285 g/mol. The molecule has 1 unspecified atom stereocenters. The van der Waals surface area contributed by atoms with E-state index in [9.17, 15) is 4.39 Å². The van der Waals surface area contributed by atoms with Crippen molar-refractivity contribution in [3.05, 3.63) is 70.5 Å². The van der Waals surface area contributed by atoms with E-state index in [0.29, 0.717) is 0 Å². The number of hydrogen-bond acceptors (Lipinski definition) is 1. The fourth-order valence-corrected chi connectivity index (χ4v) is 2.75. The summed E-state index contributed by atoms with van der Waals surface area (Å²) in [4.78, 5) is 0. The van der Waals surface area contributed by atoms with Gasteiger partial charge in [-0.1, -0.05) is 48.9 Å². The van der Waals surface area contributed by atoms with Crippen LogP contribution in [0.1, 0.15) is 30.4 Å². The topological polar surface area (TPSA) is 12.0 Å². The van der Waals surface area contributed by atoms with Crippen molar-refractivity contribution in [2.75, 3.05) is 13.1 Å². The van der Waals surface area contributed by atoms with Crippen molar-refractivity contribution in [3.63, 3.8) is 0 Å². The minimum Gasteiger partial charge on any atom is -0.316 e. The Balaban J connectivity index is 2.15. The lowest BCUT2D eigenvalue weighted by Gasteiger charge is -2.19. The number of halogens is 2. The zero-order chi connectivity index (χ0) is 15.1. The summed E-state index contributed by atoms with van der Waals surface area (Å²) in [5.41, 5.74) is 2.27. The Bertz CT molecular complexity index is 553. The maximum atomic E-state index is 13.0. The van der Waals surface area contributed by atoms with Gasteiger partial charge in [-0.25, -0.2) is 4.39 Å². The monoisotopic (exact) mass is 305 g/mol. The third-order valence-corrected chi connectivity index (χ3v) is 3.90. The second-order valence-electron chi connectivity index (χ2n) is 5.25. The van der Waals surface area contributed by atoms with Gasteiger partial charge in [-0.3, -0.25) is 0 Å². The highest BCUT2D eigenvalue weighted by Crippen LogP contribution is 2.27. The largest absolute Gasteiger partial charge is 0.316 e. The van der Waals surface area contributed by atoms with E-state index in [4.69, 9.17) is 11.6 Å². The van der Waals surface area contributed by atoms with Crippen molar-refractivity contribution in [1.29, 1.82) is 0 Å². The first-order valence-electron chi connectivity index (χ1n) is 7.40. The van der Waals surface area contributed by atoms with Crippen LogP contribution in [-0.4, -0.2) is 13.1 Å². The summed E-state index contributed by atoms with van der Waals surface area (Å²) in [7, 11) is 0. The smallest absolute Gasteiger partial charge is 0.123 e. The minimum absolute atomic E-state index is 0.197. The highest BCUT2D eigenvalue weighted by atomic mass is 35.5. The lowest BCUT2D eigenvalue weighted by Crippen LogP contribution is -2.24. The summed E-state index contributed by atoms with van der Waals surface area (Å²) in [6.45, 7) is 4.01. The van der Waals surface area contributed by atoms with Gasteiger partial charge in [0.05, 0.1) is 0 Å². The maximum absolute atomic E-state index is 13.0. The van der Waals surface area contributed by atoms with Crippen LogP contribution in [0.4, 0.5) is 4.39 Å². The summed E-state index contributed by atoms with van der Waals surface area (Å²) in [5, 5.41) is 4.25. The Morgan fingerprint density at radius 2 is 1.81 bits per heavy atom. The van der Waals surface area contributed by atoms with Gasteiger partial charge in [-0.2, -0.15) is 0 Å². The molecule has 0 saturated carbocycles. The van der Waals surface area contributed by atoms with Crippen LogP contribution in [0.25, 0.3) is 0 Å². The Hall–Kier alpha value is -1.38. The predicted octanol–water partition coefficient (Wildman–Crippen LogP) is 4.81. The molecule has 1 nitrogen and oxygen atoms in total. The van der Waals surface area contributed by atoms with Gasteiger partial charge in [0.1, 0.15) is 5.82 Å². The van der Waals surface area contributed by atoms with E-state index in [-0.39, 0.29) is 11.7 Å². The summed E-state index contributed by atoms with van der Waals surface area (Å²) in [6.07, 6.45) is 1.95. The first kappa shape index (κ1) is 16.0. The molecule has 1 N–H and O–H groups in total. The molecule has 0 bridgehead atoms. The summed E-state index contributed by atoms with van der Waals surface area (Å²) in [5.74, 6) is 0.0906. The second-order valence-corrected chi connectivity index (χ2v) is 5.66. The SMILES string of the molecule is CCCNCC(Cc1ccc(F)cc1)c1ccccc1Cl. The van der Waals surface area contributed by atoms with E-state index in [2.05, 4.69) is 18.3 Å². The van der Waals surface area contributed by atoms with Crippen LogP contribution in [0, 0.1) is 5.82 Å². The maximum Gasteiger partial charge on any atom is 0.123 e. The molecule has 0 heterocycles. The normalized spacial score (nSPS) is 12.3. The third-order valence-electron chi connectivity index (χ3n) is 3.56. The highest BCUT2D eigenvalue weighted by Gasteiger charge is 2.15. The Morgan fingerprint density at radius 3 is 2.48 bits per heavy atom. The minimum atomic E-state index is -0.197. The molecule has 3 heteroatoms. The van der Waals surface area contributed by atoms with E-state index < -0.39 is 0 Å². The quantitative estimate of drug-likeness (QED) is 0.724. The number of nitrogens with one attached hydrogen (secondary N) is 1. The third kappa shape index (κ3) is 4.83. The molecule has 112 valence electrons. The highest BCUT2D eigenvalue weighted by molar-refractivity contribution is 6.31. The van der Waals surface area contributed by atoms with Gasteiger partial charge in [-0.05, 0) is 48.7 Å². The molecule has 1 atom stereocenters. The Kier molecular flexibility index (Phi) is 6.21. The molecule has 2 aromatic rings. The van der Waals surface area contributed by atoms with Crippen molar-refractivity contribution in [1.82, 2.24) is 5.32 Å². The molecule has 0 amide bonds. The van der Waals surface area contributed by atoms with Gasteiger partial charge in [0.2, 0.25) is 0 Å². The van der Waals surface area contributed by atoms with Crippen molar-refractivity contribution in [2.24, 2.45) is 0 Å². The van der Waals surface area contributed by atoms with Gasteiger partial charge in [0.15, 0.2) is 0 Å². The molecule has 0 spiro atoms. The van der Waals surface area contributed by atoms with Crippen molar-refractivity contribution < 1.29 is 4.39 Å². The predicted molar refractivity (Wildman–Crippen MR) is 87.5 cm³/mol. The fourth-order valence-electron chi connectivity index (χ4n) is 2.46. The van der Waals surface area contributed by atoms with Gasteiger partial charge in [0.25, 0.3) is 0 Å². The zero-order valence-corrected chi connectivity index (χ0v) is 13.0. The lowest BCUT2D eigenvalue weighted by molar-refractivity contribution is 0.575. The van der Waals surface area contributed by atoms with Gasteiger partial charge in [-0.15, -0.1) is 0 Å². The van der Waals surface area contributed by atoms with Crippen LogP contribution in [0.2, 0.25) is 5.02 Å². The van der Waals surface area contributed by atoms with Gasteiger partial charge >= 0.3 is 0 Å². The molecule has 0 fully saturated rings. The summed E-state index contributed by atoms with van der Waals surface area (Å²) < 4.78 is 13.0. The van der Waals surface area contributed by atoms with Crippen LogP contribution >= 0.6 is 11.6 Å². The van der Waals surface area contributed by atoms with E-state index in [1.165, 1.54) is 12.1 Å². The summed E-state index contributed by atoms with van der Waals surface area (Å²) in [6, 6.07) is 14.7. The molecule has 2 aromatic carbocycles. The zero-order valence-electron chi connectivity index (χ0n) is 12.3. The molecule has 21 heavy (non-hydrogen) atoms. The number of benzene rings is 2. The van der Waals surface area contributed by atoms with Crippen molar-refractivity contribution in [3.8, 4) is 0 Å². The molecule has 0 aliphatic carbocycles. The molecular formula is C18H21ClFN. The number of rotatable bonds is 7. The molecule has 0 saturated heterocycles. The fraction of sp³-hybridized carbons (Fsp3) is 0.333. The lowest BCUT2D eigenvalue weighted by atomic mass is 9.91. The van der Waals surface area contributed by atoms with Crippen LogP contribution < -0.4 is 5.32 Å². The first-order valence-corrected chi connectivity index (χ1v) is 7.78. The Labute approximate surface area is 131 Å². The Morgan fingerprint density at radius 1 is 1.10 bits per heavy atom. The van der Waals surface area contributed by atoms with Crippen LogP contribution in [0.15, 0.2) is 48.5 Å². The average Bonchev–Trinajstić information content (AvgIpc) is 2.49. The standard InChI is InChI=1S/C18H21ClFN/c1-2-11-21-13-15(17-5-3-4-6-18(17)19)12-14-7-9-16(20)10-8-14/h3-10,15,21H,2,11-13H2,1H3. The van der Waals surface area contributed by atoms with E-state index in [0.717, 1.165) is 42.1 Å². The van der Waals surface area contributed by atoms with Crippen LogP contribution in [-0.2, 0) is 6.42 Å². The second kappa shape index (κ2) is 8.16.